The number of aliphatic hydroxyl groups excluding tert-OH is 1. The van der Waals surface area contributed by atoms with Crippen molar-refractivity contribution in [1.29, 1.82) is 0 Å². The minimum absolute atomic E-state index is 0.179. The van der Waals surface area contributed by atoms with Gasteiger partial charge in [0, 0.05) is 32.2 Å². The van der Waals surface area contributed by atoms with Gasteiger partial charge in [-0.3, -0.25) is 4.79 Å². The van der Waals surface area contributed by atoms with Gasteiger partial charge in [0.1, 0.15) is 0 Å². The standard InChI is InChI=1S/C11H20N2O2/c14-6-5-11(3-4-11)8-12-7-9-1-2-10(15)13-9/h9,12,14H,1-8H2,(H,13,15). The number of carbonyl (C=O) groups excluding carboxylic acids is 1. The number of aliphatic hydroxyl groups is 1. The van der Waals surface area contributed by atoms with Crippen LogP contribution in [0.5, 0.6) is 0 Å². The molecule has 2 aliphatic rings. The summed E-state index contributed by atoms with van der Waals surface area (Å²) >= 11 is 0. The molecule has 1 heterocycles. The van der Waals surface area contributed by atoms with E-state index in [1.54, 1.807) is 0 Å². The van der Waals surface area contributed by atoms with Crippen LogP contribution >= 0.6 is 0 Å². The molecule has 86 valence electrons. The number of hydrogen-bond acceptors (Lipinski definition) is 3. The average molecular weight is 212 g/mol. The van der Waals surface area contributed by atoms with Crippen LogP contribution in [0.15, 0.2) is 0 Å². The molecule has 0 spiro atoms. The average Bonchev–Trinajstić information content (AvgIpc) is 2.83. The first-order valence-electron chi connectivity index (χ1n) is 5.85. The third kappa shape index (κ3) is 2.92. The van der Waals surface area contributed by atoms with Gasteiger partial charge in [0.05, 0.1) is 0 Å². The highest BCUT2D eigenvalue weighted by Gasteiger charge is 2.41. The van der Waals surface area contributed by atoms with E-state index in [1.165, 1.54) is 12.8 Å². The lowest BCUT2D eigenvalue weighted by molar-refractivity contribution is -0.119. The molecule has 1 amide bonds. The molecule has 0 radical (unpaired) electrons. The van der Waals surface area contributed by atoms with Crippen LogP contribution in [0.1, 0.15) is 32.1 Å². The van der Waals surface area contributed by atoms with Crippen molar-refractivity contribution in [3.8, 4) is 0 Å². The highest BCUT2D eigenvalue weighted by Crippen LogP contribution is 2.47. The van der Waals surface area contributed by atoms with Crippen molar-refractivity contribution in [1.82, 2.24) is 10.6 Å². The van der Waals surface area contributed by atoms with Crippen molar-refractivity contribution in [3.05, 3.63) is 0 Å². The molecule has 2 rings (SSSR count). The molecule has 1 atom stereocenters. The SMILES string of the molecule is O=C1CCC(CNCC2(CCO)CC2)N1. The van der Waals surface area contributed by atoms with E-state index < -0.39 is 0 Å². The second-order valence-electron chi connectivity index (χ2n) is 4.91. The van der Waals surface area contributed by atoms with Gasteiger partial charge in [0.2, 0.25) is 5.91 Å². The van der Waals surface area contributed by atoms with Crippen LogP contribution < -0.4 is 10.6 Å². The number of nitrogens with one attached hydrogen (secondary N) is 2. The van der Waals surface area contributed by atoms with E-state index in [9.17, 15) is 4.79 Å². The zero-order valence-corrected chi connectivity index (χ0v) is 9.09. The highest BCUT2D eigenvalue weighted by atomic mass is 16.3. The largest absolute Gasteiger partial charge is 0.396 e. The van der Waals surface area contributed by atoms with Crippen molar-refractivity contribution in [3.63, 3.8) is 0 Å². The topological polar surface area (TPSA) is 61.4 Å². The summed E-state index contributed by atoms with van der Waals surface area (Å²) in [5.74, 6) is 0.179. The third-order valence-electron chi connectivity index (χ3n) is 3.57. The van der Waals surface area contributed by atoms with Crippen LogP contribution in [0, 0.1) is 5.41 Å². The Labute approximate surface area is 90.4 Å². The molecule has 4 nitrogen and oxygen atoms in total. The Morgan fingerprint density at radius 1 is 1.53 bits per heavy atom. The number of amides is 1. The van der Waals surface area contributed by atoms with E-state index in [-0.39, 0.29) is 5.91 Å². The summed E-state index contributed by atoms with van der Waals surface area (Å²) in [6, 6.07) is 0.322. The molecule has 1 aliphatic carbocycles. The van der Waals surface area contributed by atoms with Crippen molar-refractivity contribution in [2.45, 2.75) is 38.1 Å². The first kappa shape index (κ1) is 10.9. The summed E-state index contributed by atoms with van der Waals surface area (Å²) < 4.78 is 0. The Bertz CT molecular complexity index is 239. The van der Waals surface area contributed by atoms with Crippen LogP contribution in [-0.4, -0.2) is 36.8 Å². The zero-order valence-electron chi connectivity index (χ0n) is 9.09. The van der Waals surface area contributed by atoms with Gasteiger partial charge < -0.3 is 15.7 Å². The Morgan fingerprint density at radius 2 is 2.33 bits per heavy atom. The second-order valence-corrected chi connectivity index (χ2v) is 4.91. The fraction of sp³-hybridized carbons (Fsp3) is 0.909. The van der Waals surface area contributed by atoms with Crippen LogP contribution in [0.4, 0.5) is 0 Å². The molecule has 2 fully saturated rings. The summed E-state index contributed by atoms with van der Waals surface area (Å²) in [6.45, 7) is 2.15. The molecular formula is C11H20N2O2. The summed E-state index contributed by atoms with van der Waals surface area (Å²) in [7, 11) is 0. The Hall–Kier alpha value is -0.610. The third-order valence-corrected chi connectivity index (χ3v) is 3.57. The Kier molecular flexibility index (Phi) is 3.26. The molecule has 15 heavy (non-hydrogen) atoms. The Balaban J connectivity index is 1.61. The first-order valence-corrected chi connectivity index (χ1v) is 5.85. The number of rotatable bonds is 6. The van der Waals surface area contributed by atoms with Gasteiger partial charge in [-0.25, -0.2) is 0 Å². The Morgan fingerprint density at radius 3 is 2.87 bits per heavy atom. The maximum Gasteiger partial charge on any atom is 0.220 e. The molecule has 3 N–H and O–H groups in total. The van der Waals surface area contributed by atoms with Gasteiger partial charge >= 0.3 is 0 Å². The van der Waals surface area contributed by atoms with Gasteiger partial charge in [0.15, 0.2) is 0 Å². The van der Waals surface area contributed by atoms with Gasteiger partial charge in [-0.1, -0.05) is 0 Å². The fourth-order valence-electron chi connectivity index (χ4n) is 2.27. The van der Waals surface area contributed by atoms with Crippen LogP contribution in [0.2, 0.25) is 0 Å². The fourth-order valence-corrected chi connectivity index (χ4v) is 2.27. The molecular weight excluding hydrogens is 192 g/mol. The molecule has 0 bridgehead atoms. The summed E-state index contributed by atoms with van der Waals surface area (Å²) in [4.78, 5) is 11.0. The van der Waals surface area contributed by atoms with Crippen molar-refractivity contribution < 1.29 is 9.90 Å². The minimum Gasteiger partial charge on any atom is -0.396 e. The molecule has 1 unspecified atom stereocenters. The van der Waals surface area contributed by atoms with Gasteiger partial charge in [-0.2, -0.15) is 0 Å². The van der Waals surface area contributed by atoms with E-state index in [0.717, 1.165) is 25.9 Å². The molecule has 0 aromatic rings. The quantitative estimate of drug-likeness (QED) is 0.581. The van der Waals surface area contributed by atoms with Crippen molar-refractivity contribution in [2.75, 3.05) is 19.7 Å². The molecule has 4 heteroatoms. The first-order chi connectivity index (χ1) is 7.24. The van der Waals surface area contributed by atoms with E-state index in [0.29, 0.717) is 24.5 Å². The van der Waals surface area contributed by atoms with Crippen LogP contribution in [0.25, 0.3) is 0 Å². The monoisotopic (exact) mass is 212 g/mol. The summed E-state index contributed by atoms with van der Waals surface area (Å²) in [5.41, 5.74) is 0.372. The molecule has 1 saturated heterocycles. The molecule has 1 saturated carbocycles. The minimum atomic E-state index is 0.179. The zero-order chi connectivity index (χ0) is 10.7. The maximum absolute atomic E-state index is 11.0. The summed E-state index contributed by atoms with van der Waals surface area (Å²) in [5, 5.41) is 15.3. The lowest BCUT2D eigenvalue weighted by Crippen LogP contribution is -2.38. The second kappa shape index (κ2) is 4.49. The molecule has 0 aromatic heterocycles. The van der Waals surface area contributed by atoms with Gasteiger partial charge in [0.25, 0.3) is 0 Å². The predicted octanol–water partition coefficient (Wildman–Crippen LogP) is 0.0172. The number of carbonyl (C=O) groups is 1. The van der Waals surface area contributed by atoms with E-state index in [1.807, 2.05) is 0 Å². The lowest BCUT2D eigenvalue weighted by Gasteiger charge is -2.17. The van der Waals surface area contributed by atoms with E-state index in [2.05, 4.69) is 10.6 Å². The number of hydrogen-bond donors (Lipinski definition) is 3. The van der Waals surface area contributed by atoms with Gasteiger partial charge in [-0.05, 0) is 31.1 Å². The van der Waals surface area contributed by atoms with Crippen molar-refractivity contribution in [2.24, 2.45) is 5.41 Å². The lowest BCUT2D eigenvalue weighted by atomic mass is 10.0. The summed E-state index contributed by atoms with van der Waals surface area (Å²) in [6.07, 6.45) is 5.01. The predicted molar refractivity (Wildman–Crippen MR) is 57.4 cm³/mol. The van der Waals surface area contributed by atoms with E-state index in [4.69, 9.17) is 5.11 Å². The molecule has 0 aromatic carbocycles. The maximum atomic E-state index is 11.0. The van der Waals surface area contributed by atoms with Crippen LogP contribution in [0.3, 0.4) is 0 Å². The normalized spacial score (nSPS) is 27.8. The van der Waals surface area contributed by atoms with E-state index >= 15 is 0 Å². The van der Waals surface area contributed by atoms with Crippen LogP contribution in [-0.2, 0) is 4.79 Å². The van der Waals surface area contributed by atoms with Crippen molar-refractivity contribution >= 4 is 5.91 Å². The highest BCUT2D eigenvalue weighted by molar-refractivity contribution is 5.78. The molecule has 1 aliphatic heterocycles. The smallest absolute Gasteiger partial charge is 0.220 e. The van der Waals surface area contributed by atoms with Gasteiger partial charge in [-0.15, -0.1) is 0 Å².